The molecule has 1 unspecified atom stereocenters. The van der Waals surface area contributed by atoms with E-state index in [9.17, 15) is 4.79 Å². The van der Waals surface area contributed by atoms with Crippen LogP contribution in [-0.2, 0) is 15.1 Å². The van der Waals surface area contributed by atoms with Gasteiger partial charge in [0.25, 0.3) is 0 Å². The molecule has 1 atom stereocenters. The molecule has 0 radical (unpaired) electrons. The van der Waals surface area contributed by atoms with Gasteiger partial charge in [-0.2, -0.15) is 0 Å². The van der Waals surface area contributed by atoms with E-state index in [4.69, 9.17) is 21.9 Å². The number of halogens is 1. The summed E-state index contributed by atoms with van der Waals surface area (Å²) in [6, 6.07) is 7.00. The monoisotopic (exact) mass is 296 g/mol. The maximum absolute atomic E-state index is 12.2. The van der Waals surface area contributed by atoms with Gasteiger partial charge in [0.05, 0.1) is 6.61 Å². The van der Waals surface area contributed by atoms with E-state index in [2.05, 4.69) is 15.3 Å². The standard InChI is InChI=1S/C13H17ClN4O2/c1-3-20-12(19)13(2,16-7-8-17-18-15)10-5-4-6-11(14)9-10/h4-6,9,16H,3,7-8H2,1-2H3. The molecule has 0 spiro atoms. The number of benzene rings is 1. The van der Waals surface area contributed by atoms with Crippen molar-refractivity contribution in [2.24, 2.45) is 5.11 Å². The smallest absolute Gasteiger partial charge is 0.330 e. The lowest BCUT2D eigenvalue weighted by molar-refractivity contribution is -0.151. The maximum atomic E-state index is 12.2. The van der Waals surface area contributed by atoms with Crippen LogP contribution in [0.2, 0.25) is 5.02 Å². The Bertz CT molecular complexity index is 517. The Hall–Kier alpha value is -1.75. The van der Waals surface area contributed by atoms with Gasteiger partial charge in [-0.1, -0.05) is 28.8 Å². The van der Waals surface area contributed by atoms with E-state index in [1.54, 1.807) is 38.1 Å². The second-order valence-corrected chi connectivity index (χ2v) is 4.67. The largest absolute Gasteiger partial charge is 0.464 e. The van der Waals surface area contributed by atoms with Crippen LogP contribution < -0.4 is 5.32 Å². The Labute approximate surface area is 122 Å². The summed E-state index contributed by atoms with van der Waals surface area (Å²) in [4.78, 5) is 14.9. The Morgan fingerprint density at radius 1 is 1.60 bits per heavy atom. The Morgan fingerprint density at radius 3 is 2.95 bits per heavy atom. The van der Waals surface area contributed by atoms with Gasteiger partial charge in [0, 0.05) is 23.0 Å². The maximum Gasteiger partial charge on any atom is 0.330 e. The summed E-state index contributed by atoms with van der Waals surface area (Å²) in [5.41, 5.74) is 7.93. The number of nitrogens with zero attached hydrogens (tertiary/aromatic N) is 3. The van der Waals surface area contributed by atoms with Crippen LogP contribution >= 0.6 is 11.6 Å². The predicted molar refractivity (Wildman–Crippen MR) is 77.5 cm³/mol. The third-order valence-corrected chi connectivity index (χ3v) is 3.07. The van der Waals surface area contributed by atoms with Gasteiger partial charge < -0.3 is 4.74 Å². The van der Waals surface area contributed by atoms with E-state index < -0.39 is 11.5 Å². The van der Waals surface area contributed by atoms with Gasteiger partial charge in [-0.3, -0.25) is 5.32 Å². The minimum absolute atomic E-state index is 0.242. The molecule has 1 aromatic carbocycles. The summed E-state index contributed by atoms with van der Waals surface area (Å²) in [5, 5.41) is 7.03. The van der Waals surface area contributed by atoms with E-state index in [1.807, 2.05) is 0 Å². The van der Waals surface area contributed by atoms with Gasteiger partial charge >= 0.3 is 5.97 Å². The van der Waals surface area contributed by atoms with Crippen LogP contribution in [0.15, 0.2) is 29.4 Å². The van der Waals surface area contributed by atoms with Gasteiger partial charge in [0.15, 0.2) is 0 Å². The molecule has 0 aliphatic rings. The highest BCUT2D eigenvalue weighted by atomic mass is 35.5. The van der Waals surface area contributed by atoms with Crippen LogP contribution in [0, 0.1) is 0 Å². The van der Waals surface area contributed by atoms with Crippen molar-refractivity contribution in [1.29, 1.82) is 0 Å². The van der Waals surface area contributed by atoms with E-state index in [1.165, 1.54) is 0 Å². The number of carbonyl (C=O) groups is 1. The second kappa shape index (κ2) is 7.75. The number of nitrogens with one attached hydrogen (secondary N) is 1. The molecule has 1 aromatic rings. The van der Waals surface area contributed by atoms with Crippen molar-refractivity contribution in [3.05, 3.63) is 45.3 Å². The second-order valence-electron chi connectivity index (χ2n) is 4.24. The highest BCUT2D eigenvalue weighted by Crippen LogP contribution is 2.25. The van der Waals surface area contributed by atoms with Gasteiger partial charge in [-0.25, -0.2) is 4.79 Å². The number of ether oxygens (including phenoxy) is 1. The van der Waals surface area contributed by atoms with Crippen molar-refractivity contribution in [3.63, 3.8) is 0 Å². The van der Waals surface area contributed by atoms with Crippen LogP contribution in [0.25, 0.3) is 10.4 Å². The van der Waals surface area contributed by atoms with E-state index >= 15 is 0 Å². The number of azide groups is 1. The average molecular weight is 297 g/mol. The number of esters is 1. The van der Waals surface area contributed by atoms with Crippen LogP contribution in [0.1, 0.15) is 19.4 Å². The zero-order chi connectivity index (χ0) is 15.0. The van der Waals surface area contributed by atoms with Crippen molar-refractivity contribution in [1.82, 2.24) is 5.32 Å². The summed E-state index contributed by atoms with van der Waals surface area (Å²) >= 11 is 5.97. The van der Waals surface area contributed by atoms with E-state index in [0.29, 0.717) is 17.1 Å². The highest BCUT2D eigenvalue weighted by Gasteiger charge is 2.36. The normalized spacial score (nSPS) is 13.2. The summed E-state index contributed by atoms with van der Waals surface area (Å²) in [6.45, 7) is 4.34. The van der Waals surface area contributed by atoms with E-state index in [-0.39, 0.29) is 13.2 Å². The molecule has 0 amide bonds. The zero-order valence-electron chi connectivity index (χ0n) is 11.5. The molecule has 1 N–H and O–H groups in total. The average Bonchev–Trinajstić information content (AvgIpc) is 2.43. The minimum atomic E-state index is -1.04. The van der Waals surface area contributed by atoms with Gasteiger partial charge in [0.1, 0.15) is 5.54 Å². The Balaban J connectivity index is 2.99. The van der Waals surface area contributed by atoms with Crippen LogP contribution in [-0.4, -0.2) is 25.7 Å². The summed E-state index contributed by atoms with van der Waals surface area (Å²) < 4.78 is 5.11. The molecule has 0 aliphatic carbocycles. The molecule has 0 saturated heterocycles. The topological polar surface area (TPSA) is 87.1 Å². The van der Waals surface area contributed by atoms with Gasteiger partial charge in [-0.05, 0) is 37.1 Å². The Morgan fingerprint density at radius 2 is 2.35 bits per heavy atom. The van der Waals surface area contributed by atoms with Crippen molar-refractivity contribution in [3.8, 4) is 0 Å². The molecule has 0 heterocycles. The summed E-state index contributed by atoms with van der Waals surface area (Å²) in [7, 11) is 0. The van der Waals surface area contributed by atoms with Crippen LogP contribution in [0.5, 0.6) is 0 Å². The summed E-state index contributed by atoms with van der Waals surface area (Å²) in [5.74, 6) is -0.400. The first-order chi connectivity index (χ1) is 9.54. The third-order valence-electron chi connectivity index (χ3n) is 2.84. The zero-order valence-corrected chi connectivity index (χ0v) is 12.2. The third kappa shape index (κ3) is 4.13. The molecule has 1 rings (SSSR count). The molecular weight excluding hydrogens is 280 g/mol. The molecule has 7 heteroatoms. The SMILES string of the molecule is CCOC(=O)C(C)(NCCN=[N+]=[N-])c1cccc(Cl)c1. The van der Waals surface area contributed by atoms with Crippen LogP contribution in [0.3, 0.4) is 0 Å². The molecule has 20 heavy (non-hydrogen) atoms. The number of carbonyl (C=O) groups excluding carboxylic acids is 1. The minimum Gasteiger partial charge on any atom is -0.464 e. The quantitative estimate of drug-likeness (QED) is 0.276. The predicted octanol–water partition coefficient (Wildman–Crippen LogP) is 3.02. The van der Waals surface area contributed by atoms with Crippen molar-refractivity contribution >= 4 is 17.6 Å². The number of rotatable bonds is 7. The molecule has 0 saturated carbocycles. The van der Waals surface area contributed by atoms with Crippen molar-refractivity contribution in [2.75, 3.05) is 19.7 Å². The molecule has 0 fully saturated rings. The number of hydrogen-bond acceptors (Lipinski definition) is 4. The van der Waals surface area contributed by atoms with E-state index in [0.717, 1.165) is 0 Å². The van der Waals surface area contributed by atoms with Crippen molar-refractivity contribution in [2.45, 2.75) is 19.4 Å². The first-order valence-corrected chi connectivity index (χ1v) is 6.61. The van der Waals surface area contributed by atoms with Crippen LogP contribution in [0.4, 0.5) is 0 Å². The first-order valence-electron chi connectivity index (χ1n) is 6.23. The number of hydrogen-bond donors (Lipinski definition) is 1. The fourth-order valence-electron chi connectivity index (χ4n) is 1.77. The molecule has 0 bridgehead atoms. The molecular formula is C13H17ClN4O2. The molecule has 6 nitrogen and oxygen atoms in total. The fraction of sp³-hybridized carbons (Fsp3) is 0.462. The highest BCUT2D eigenvalue weighted by molar-refractivity contribution is 6.30. The van der Waals surface area contributed by atoms with Gasteiger partial charge in [-0.15, -0.1) is 0 Å². The fourth-order valence-corrected chi connectivity index (χ4v) is 1.96. The Kier molecular flexibility index (Phi) is 6.31. The molecule has 0 aliphatic heterocycles. The van der Waals surface area contributed by atoms with Crippen molar-refractivity contribution < 1.29 is 9.53 Å². The lowest BCUT2D eigenvalue weighted by Crippen LogP contribution is -2.48. The lowest BCUT2D eigenvalue weighted by Gasteiger charge is -2.29. The molecule has 0 aromatic heterocycles. The van der Waals surface area contributed by atoms with Gasteiger partial charge in [0.2, 0.25) is 0 Å². The summed E-state index contributed by atoms with van der Waals surface area (Å²) in [6.07, 6.45) is 0. The molecule has 108 valence electrons. The lowest BCUT2D eigenvalue weighted by atomic mass is 9.92. The first kappa shape index (κ1) is 16.3.